The van der Waals surface area contributed by atoms with Crippen LogP contribution in [0.2, 0.25) is 0 Å². The molecule has 6 rings (SSSR count). The highest BCUT2D eigenvalue weighted by Crippen LogP contribution is 2.36. The largest absolute Gasteiger partial charge is 0.470 e. The van der Waals surface area contributed by atoms with Crippen LogP contribution in [0.4, 0.5) is 19.0 Å². The average molecular weight is 492 g/mol. The van der Waals surface area contributed by atoms with Crippen molar-refractivity contribution >= 4 is 16.9 Å². The molecular formula is C23H23F3N4O5. The summed E-state index contributed by atoms with van der Waals surface area (Å²) in [6, 6.07) is 5.95. The first kappa shape index (κ1) is 22.4. The summed E-state index contributed by atoms with van der Waals surface area (Å²) in [5, 5.41) is 9.89. The van der Waals surface area contributed by atoms with Crippen molar-refractivity contribution in [1.82, 2.24) is 15.0 Å². The molecule has 4 atom stereocenters. The number of ether oxygens (including phenoxy) is 4. The number of fused-ring (bicyclic) bond motifs is 2. The fraction of sp³-hybridized carbons (Fsp3) is 0.478. The maximum Gasteiger partial charge on any atom is 0.388 e. The smallest absolute Gasteiger partial charge is 0.388 e. The zero-order valence-electron chi connectivity index (χ0n) is 18.5. The fourth-order valence-electron chi connectivity index (χ4n) is 4.87. The second-order valence-electron chi connectivity index (χ2n) is 8.80. The molecule has 186 valence electrons. The summed E-state index contributed by atoms with van der Waals surface area (Å²) >= 11 is 0. The van der Waals surface area contributed by atoms with E-state index in [9.17, 15) is 13.9 Å². The van der Waals surface area contributed by atoms with Crippen molar-refractivity contribution in [2.45, 2.75) is 43.9 Å². The molecule has 6 heterocycles. The van der Waals surface area contributed by atoms with Gasteiger partial charge in [0.1, 0.15) is 29.8 Å². The van der Waals surface area contributed by atoms with Gasteiger partial charge in [-0.05, 0) is 25.0 Å². The fourth-order valence-corrected chi connectivity index (χ4v) is 4.87. The second kappa shape index (κ2) is 8.85. The standard InChI is InChI=1S/C23H23F3N4O5/c24-12-7-13-14(8-18(27-13)34-16-10-33-20-15(31)9-32-21(16)20)28-19(12)11-3-4-17(30-5-1-2-6-30)29-22(11)35-23(25)26/h3-4,7-8,15-16,20-21,23,27,31H,1-2,5-6,9-10H2. The van der Waals surface area contributed by atoms with Gasteiger partial charge in [-0.3, -0.25) is 0 Å². The van der Waals surface area contributed by atoms with Gasteiger partial charge in [0.2, 0.25) is 5.88 Å². The van der Waals surface area contributed by atoms with E-state index in [-0.39, 0.29) is 30.4 Å². The van der Waals surface area contributed by atoms with Crippen LogP contribution in [0.15, 0.2) is 24.3 Å². The molecule has 0 saturated carbocycles. The van der Waals surface area contributed by atoms with Gasteiger partial charge < -0.3 is 33.9 Å². The molecular weight excluding hydrogens is 469 g/mol. The second-order valence-corrected chi connectivity index (χ2v) is 8.80. The Kier molecular flexibility index (Phi) is 5.66. The number of aliphatic hydroxyl groups excluding tert-OH is 1. The van der Waals surface area contributed by atoms with Gasteiger partial charge >= 0.3 is 6.61 Å². The Hall–Kier alpha value is -3.09. The molecule has 3 fully saturated rings. The minimum Gasteiger partial charge on any atom is -0.470 e. The van der Waals surface area contributed by atoms with E-state index < -0.39 is 36.8 Å². The van der Waals surface area contributed by atoms with Crippen LogP contribution in [0.1, 0.15) is 12.8 Å². The summed E-state index contributed by atoms with van der Waals surface area (Å²) in [4.78, 5) is 13.5. The lowest BCUT2D eigenvalue weighted by atomic mass is 10.1. The van der Waals surface area contributed by atoms with E-state index in [1.165, 1.54) is 12.1 Å². The van der Waals surface area contributed by atoms with Gasteiger partial charge in [-0.1, -0.05) is 0 Å². The van der Waals surface area contributed by atoms with Crippen LogP contribution < -0.4 is 14.4 Å². The van der Waals surface area contributed by atoms with Crippen LogP contribution in [0.25, 0.3) is 22.3 Å². The highest BCUT2D eigenvalue weighted by molar-refractivity contribution is 5.82. The van der Waals surface area contributed by atoms with Crippen molar-refractivity contribution in [1.29, 1.82) is 0 Å². The van der Waals surface area contributed by atoms with Gasteiger partial charge in [0, 0.05) is 25.2 Å². The lowest BCUT2D eigenvalue weighted by Gasteiger charge is -2.18. The van der Waals surface area contributed by atoms with Crippen molar-refractivity contribution in [3.8, 4) is 23.0 Å². The number of nitrogens with zero attached hydrogens (tertiary/aromatic N) is 3. The normalized spacial score (nSPS) is 26.1. The molecule has 3 saturated heterocycles. The summed E-state index contributed by atoms with van der Waals surface area (Å²) in [6.07, 6.45) is -0.0462. The summed E-state index contributed by atoms with van der Waals surface area (Å²) in [7, 11) is 0. The summed E-state index contributed by atoms with van der Waals surface area (Å²) < 4.78 is 63.1. The zero-order valence-corrected chi connectivity index (χ0v) is 18.5. The zero-order chi connectivity index (χ0) is 24.1. The molecule has 0 bridgehead atoms. The molecule has 0 amide bonds. The molecule has 0 spiro atoms. The molecule has 2 N–H and O–H groups in total. The predicted molar refractivity (Wildman–Crippen MR) is 117 cm³/mol. The molecule has 0 aromatic carbocycles. The van der Waals surface area contributed by atoms with E-state index in [1.807, 2.05) is 4.90 Å². The van der Waals surface area contributed by atoms with Crippen molar-refractivity contribution in [3.63, 3.8) is 0 Å². The van der Waals surface area contributed by atoms with Crippen LogP contribution >= 0.6 is 0 Å². The predicted octanol–water partition coefficient (Wildman–Crippen LogP) is 2.87. The van der Waals surface area contributed by atoms with Gasteiger partial charge in [-0.2, -0.15) is 13.8 Å². The number of alkyl halides is 2. The van der Waals surface area contributed by atoms with Crippen molar-refractivity contribution < 1.29 is 37.2 Å². The number of halogens is 3. The van der Waals surface area contributed by atoms with Crippen LogP contribution in [0.3, 0.4) is 0 Å². The number of hydrogen-bond acceptors (Lipinski definition) is 8. The van der Waals surface area contributed by atoms with Crippen molar-refractivity contribution in [2.24, 2.45) is 0 Å². The van der Waals surface area contributed by atoms with E-state index in [0.717, 1.165) is 25.9 Å². The van der Waals surface area contributed by atoms with Crippen LogP contribution in [-0.2, 0) is 9.47 Å². The molecule has 3 aliphatic heterocycles. The van der Waals surface area contributed by atoms with E-state index in [0.29, 0.717) is 22.7 Å². The van der Waals surface area contributed by atoms with Gasteiger partial charge in [-0.15, -0.1) is 0 Å². The quantitative estimate of drug-likeness (QED) is 0.542. The minimum absolute atomic E-state index is 0.0247. The van der Waals surface area contributed by atoms with Crippen LogP contribution in [-0.4, -0.2) is 77.4 Å². The van der Waals surface area contributed by atoms with Crippen molar-refractivity contribution in [2.75, 3.05) is 31.2 Å². The molecule has 0 aliphatic carbocycles. The van der Waals surface area contributed by atoms with E-state index in [1.54, 1.807) is 12.1 Å². The van der Waals surface area contributed by atoms with E-state index in [2.05, 4.69) is 19.7 Å². The molecule has 4 unspecified atom stereocenters. The number of anilines is 1. The number of aromatic amines is 1. The summed E-state index contributed by atoms with van der Waals surface area (Å²) in [6.45, 7) is -1.18. The molecule has 3 aliphatic rings. The Morgan fingerprint density at radius 1 is 1.09 bits per heavy atom. The first-order chi connectivity index (χ1) is 17.0. The first-order valence-corrected chi connectivity index (χ1v) is 11.4. The minimum atomic E-state index is -3.12. The lowest BCUT2D eigenvalue weighted by Crippen LogP contribution is -2.34. The number of H-pyrrole nitrogens is 1. The Morgan fingerprint density at radius 2 is 1.89 bits per heavy atom. The number of aromatic nitrogens is 3. The SMILES string of the molecule is OC1COC2C(Oc3cc4nc(-c5ccc(N6CCCC6)nc5OC(F)F)c(F)cc4[nH]3)COC12. The van der Waals surface area contributed by atoms with E-state index >= 15 is 4.39 Å². The van der Waals surface area contributed by atoms with Gasteiger partial charge in [0.15, 0.2) is 17.8 Å². The highest BCUT2D eigenvalue weighted by atomic mass is 19.3. The van der Waals surface area contributed by atoms with Crippen molar-refractivity contribution in [3.05, 3.63) is 30.1 Å². The number of aliphatic hydroxyl groups is 1. The lowest BCUT2D eigenvalue weighted by molar-refractivity contribution is -0.0523. The third-order valence-electron chi connectivity index (χ3n) is 6.52. The van der Waals surface area contributed by atoms with Gasteiger partial charge in [-0.25, -0.2) is 9.37 Å². The topological polar surface area (TPSA) is 102 Å². The molecule has 9 nitrogen and oxygen atoms in total. The molecule has 3 aromatic heterocycles. The molecule has 3 aromatic rings. The third-order valence-corrected chi connectivity index (χ3v) is 6.52. The Labute approximate surface area is 197 Å². The Bertz CT molecular complexity index is 1240. The first-order valence-electron chi connectivity index (χ1n) is 11.4. The summed E-state index contributed by atoms with van der Waals surface area (Å²) in [5.74, 6) is -0.299. The molecule has 12 heteroatoms. The van der Waals surface area contributed by atoms with Crippen LogP contribution in [0.5, 0.6) is 11.8 Å². The highest BCUT2D eigenvalue weighted by Gasteiger charge is 2.48. The molecule has 35 heavy (non-hydrogen) atoms. The number of nitrogens with one attached hydrogen (secondary N) is 1. The number of pyridine rings is 2. The monoisotopic (exact) mass is 492 g/mol. The average Bonchev–Trinajstić information content (AvgIpc) is 3.60. The third kappa shape index (κ3) is 4.15. The Morgan fingerprint density at radius 3 is 2.69 bits per heavy atom. The number of rotatable bonds is 6. The van der Waals surface area contributed by atoms with Crippen LogP contribution in [0, 0.1) is 5.82 Å². The maximum absolute atomic E-state index is 15.1. The van der Waals surface area contributed by atoms with Gasteiger partial charge in [0.25, 0.3) is 0 Å². The number of hydrogen-bond donors (Lipinski definition) is 2. The summed E-state index contributed by atoms with van der Waals surface area (Å²) in [5.41, 5.74) is 0.593. The maximum atomic E-state index is 15.1. The Balaban J connectivity index is 1.31. The molecule has 0 radical (unpaired) electrons. The van der Waals surface area contributed by atoms with Gasteiger partial charge in [0.05, 0.1) is 29.8 Å². The van der Waals surface area contributed by atoms with E-state index in [4.69, 9.17) is 14.2 Å².